The second kappa shape index (κ2) is 5.69. The second-order valence-corrected chi connectivity index (χ2v) is 8.08. The minimum Gasteiger partial charge on any atom is -0.462 e. The number of esters is 1. The molecule has 0 amide bonds. The Morgan fingerprint density at radius 2 is 2.08 bits per heavy atom. The Hall–Kier alpha value is -1.69. The lowest BCUT2D eigenvalue weighted by molar-refractivity contribution is 0.0531. The van der Waals surface area contributed by atoms with Crippen LogP contribution < -0.4 is 4.90 Å². The molecule has 2 aromatic rings. The molecule has 0 N–H and O–H groups in total. The number of piperidine rings is 1. The number of rotatable bonds is 3. The molecule has 0 radical (unpaired) electrons. The number of anilines is 1. The first-order valence-electron chi connectivity index (χ1n) is 8.73. The van der Waals surface area contributed by atoms with Gasteiger partial charge in [0.05, 0.1) is 12.0 Å². The Morgan fingerprint density at radius 1 is 1.29 bits per heavy atom. The molecule has 5 nitrogen and oxygen atoms in total. The Morgan fingerprint density at radius 3 is 2.79 bits per heavy atom. The maximum atomic E-state index is 12.2. The van der Waals surface area contributed by atoms with Crippen LogP contribution in [0.2, 0.25) is 0 Å². The van der Waals surface area contributed by atoms with Crippen LogP contribution in [0.15, 0.2) is 0 Å². The number of hydrogen-bond acceptors (Lipinski definition) is 6. The maximum absolute atomic E-state index is 12.2. The van der Waals surface area contributed by atoms with Crippen LogP contribution in [0, 0.1) is 19.3 Å². The molecule has 0 unspecified atom stereocenters. The summed E-state index contributed by atoms with van der Waals surface area (Å²) in [6.07, 6.45) is 5.24. The molecule has 0 atom stereocenters. The molecule has 2 fully saturated rings. The van der Waals surface area contributed by atoms with E-state index in [9.17, 15) is 4.79 Å². The van der Waals surface area contributed by atoms with E-state index < -0.39 is 0 Å². The number of aryl methyl sites for hydroxylation is 2. The van der Waals surface area contributed by atoms with Crippen molar-refractivity contribution in [3.63, 3.8) is 0 Å². The number of carbonyl (C=O) groups excluding carboxylic acids is 1. The second-order valence-electron chi connectivity index (χ2n) is 7.08. The summed E-state index contributed by atoms with van der Waals surface area (Å²) in [5, 5.41) is 1.03. The average molecular weight is 345 g/mol. The van der Waals surface area contributed by atoms with Gasteiger partial charge in [-0.05, 0) is 57.4 Å². The van der Waals surface area contributed by atoms with Gasteiger partial charge in [-0.15, -0.1) is 11.3 Å². The number of hydrogen-bond donors (Lipinski definition) is 0. The molecule has 2 aromatic heterocycles. The number of nitrogens with zero attached hydrogens (tertiary/aromatic N) is 3. The molecular weight excluding hydrogens is 322 g/mol. The van der Waals surface area contributed by atoms with E-state index in [0.717, 1.165) is 40.5 Å². The van der Waals surface area contributed by atoms with Crippen LogP contribution in [0.4, 0.5) is 5.82 Å². The molecule has 1 aliphatic heterocycles. The van der Waals surface area contributed by atoms with E-state index in [0.29, 0.717) is 16.9 Å². The minimum absolute atomic E-state index is 0.251. The van der Waals surface area contributed by atoms with Gasteiger partial charge in [0, 0.05) is 13.1 Å². The predicted octanol–water partition coefficient (Wildman–Crippen LogP) is 3.87. The van der Waals surface area contributed by atoms with Gasteiger partial charge >= 0.3 is 5.97 Å². The Labute approximate surface area is 146 Å². The first-order valence-corrected chi connectivity index (χ1v) is 9.54. The first-order chi connectivity index (χ1) is 11.5. The molecule has 4 rings (SSSR count). The Kier molecular flexibility index (Phi) is 3.75. The van der Waals surface area contributed by atoms with Crippen LogP contribution in [-0.4, -0.2) is 35.6 Å². The van der Waals surface area contributed by atoms with Gasteiger partial charge in [-0.3, -0.25) is 0 Å². The largest absolute Gasteiger partial charge is 0.462 e. The third kappa shape index (κ3) is 2.57. The zero-order valence-electron chi connectivity index (χ0n) is 14.5. The molecule has 128 valence electrons. The van der Waals surface area contributed by atoms with Crippen molar-refractivity contribution in [2.75, 3.05) is 24.6 Å². The van der Waals surface area contributed by atoms with Crippen molar-refractivity contribution in [1.82, 2.24) is 9.97 Å². The molecule has 0 bridgehead atoms. The third-order valence-electron chi connectivity index (χ3n) is 5.26. The highest BCUT2D eigenvalue weighted by atomic mass is 32.1. The van der Waals surface area contributed by atoms with Gasteiger partial charge in [0.15, 0.2) is 0 Å². The highest BCUT2D eigenvalue weighted by molar-refractivity contribution is 7.20. The molecule has 1 spiro atoms. The predicted molar refractivity (Wildman–Crippen MR) is 96.0 cm³/mol. The van der Waals surface area contributed by atoms with E-state index in [1.165, 1.54) is 37.0 Å². The van der Waals surface area contributed by atoms with E-state index in [1.807, 2.05) is 20.8 Å². The van der Waals surface area contributed by atoms with E-state index in [2.05, 4.69) is 9.88 Å². The summed E-state index contributed by atoms with van der Waals surface area (Å²) in [6.45, 7) is 8.26. The lowest BCUT2D eigenvalue weighted by Gasteiger charge is -2.34. The van der Waals surface area contributed by atoms with Crippen LogP contribution in [0.1, 0.15) is 53.7 Å². The van der Waals surface area contributed by atoms with Crippen LogP contribution in [0.25, 0.3) is 10.2 Å². The van der Waals surface area contributed by atoms with Gasteiger partial charge in [-0.2, -0.15) is 0 Å². The number of aromatic nitrogens is 2. The summed E-state index contributed by atoms with van der Waals surface area (Å²) in [6, 6.07) is 0. The van der Waals surface area contributed by atoms with Crippen molar-refractivity contribution in [2.24, 2.45) is 5.41 Å². The topological polar surface area (TPSA) is 55.3 Å². The van der Waals surface area contributed by atoms with Crippen LogP contribution >= 0.6 is 11.3 Å². The monoisotopic (exact) mass is 345 g/mol. The quantitative estimate of drug-likeness (QED) is 0.791. The molecule has 2 aliphatic rings. The van der Waals surface area contributed by atoms with Gasteiger partial charge in [0.25, 0.3) is 0 Å². The molecule has 1 saturated heterocycles. The summed E-state index contributed by atoms with van der Waals surface area (Å²) >= 11 is 1.43. The zero-order valence-corrected chi connectivity index (χ0v) is 15.3. The van der Waals surface area contributed by atoms with Crippen LogP contribution in [0.5, 0.6) is 0 Å². The normalized spacial score (nSPS) is 19.0. The molecule has 1 saturated carbocycles. The van der Waals surface area contributed by atoms with Gasteiger partial charge < -0.3 is 9.64 Å². The molecular formula is C18H23N3O2S. The van der Waals surface area contributed by atoms with E-state index in [-0.39, 0.29) is 5.97 Å². The standard InChI is InChI=1S/C18H23N3O2S/c1-4-23-17(22)14-11(2)13-15(19-12(3)20-16(13)24-14)21-9-5-6-18(10-21)7-8-18/h4-10H2,1-3H3. The Bertz CT molecular complexity index is 810. The SMILES string of the molecule is CCOC(=O)c1sc2nc(C)nc(N3CCCC4(CC4)C3)c2c1C. The molecule has 24 heavy (non-hydrogen) atoms. The number of fused-ring (bicyclic) bond motifs is 1. The molecule has 0 aromatic carbocycles. The summed E-state index contributed by atoms with van der Waals surface area (Å²) in [7, 11) is 0. The molecule has 6 heteroatoms. The maximum Gasteiger partial charge on any atom is 0.348 e. The minimum atomic E-state index is -0.251. The summed E-state index contributed by atoms with van der Waals surface area (Å²) in [4.78, 5) is 25.6. The number of carbonyl (C=O) groups is 1. The van der Waals surface area contributed by atoms with Crippen molar-refractivity contribution in [3.8, 4) is 0 Å². The van der Waals surface area contributed by atoms with Crippen molar-refractivity contribution >= 4 is 33.3 Å². The van der Waals surface area contributed by atoms with Crippen molar-refractivity contribution in [1.29, 1.82) is 0 Å². The molecule has 1 aliphatic carbocycles. The Balaban J connectivity index is 1.81. The highest BCUT2D eigenvalue weighted by Crippen LogP contribution is 2.53. The lowest BCUT2D eigenvalue weighted by atomic mass is 9.95. The number of ether oxygens (including phenoxy) is 1. The van der Waals surface area contributed by atoms with E-state index >= 15 is 0 Å². The highest BCUT2D eigenvalue weighted by Gasteiger charge is 2.46. The average Bonchev–Trinajstić information content (AvgIpc) is 3.21. The van der Waals surface area contributed by atoms with E-state index in [1.54, 1.807) is 0 Å². The fourth-order valence-electron chi connectivity index (χ4n) is 3.82. The van der Waals surface area contributed by atoms with Crippen LogP contribution in [0.3, 0.4) is 0 Å². The summed E-state index contributed by atoms with van der Waals surface area (Å²) < 4.78 is 5.21. The number of thiophene rings is 1. The van der Waals surface area contributed by atoms with Crippen LogP contribution in [-0.2, 0) is 4.74 Å². The third-order valence-corrected chi connectivity index (χ3v) is 6.43. The van der Waals surface area contributed by atoms with Crippen molar-refractivity contribution < 1.29 is 9.53 Å². The van der Waals surface area contributed by atoms with Gasteiger partial charge in [-0.25, -0.2) is 14.8 Å². The van der Waals surface area contributed by atoms with E-state index in [4.69, 9.17) is 9.72 Å². The van der Waals surface area contributed by atoms with Gasteiger partial charge in [0.1, 0.15) is 21.3 Å². The van der Waals surface area contributed by atoms with Gasteiger partial charge in [-0.1, -0.05) is 0 Å². The van der Waals surface area contributed by atoms with Crippen molar-refractivity contribution in [3.05, 3.63) is 16.3 Å². The summed E-state index contributed by atoms with van der Waals surface area (Å²) in [5.41, 5.74) is 1.48. The smallest absolute Gasteiger partial charge is 0.348 e. The fourth-order valence-corrected chi connectivity index (χ4v) is 4.93. The molecule has 3 heterocycles. The van der Waals surface area contributed by atoms with Crippen molar-refractivity contribution in [2.45, 2.75) is 46.5 Å². The summed E-state index contributed by atoms with van der Waals surface area (Å²) in [5.74, 6) is 1.52. The fraction of sp³-hybridized carbons (Fsp3) is 0.611. The van der Waals surface area contributed by atoms with Gasteiger partial charge in [0.2, 0.25) is 0 Å². The zero-order chi connectivity index (χ0) is 16.9. The first kappa shape index (κ1) is 15.8. The lowest BCUT2D eigenvalue weighted by Crippen LogP contribution is -2.37.